The SMILES string of the molecule is COc1ccc(S(=O)(=O)NCCC(=O)N2CCC[C@H](c3nnc4n3CCC4)C2)cc1OC. The van der Waals surface area contributed by atoms with E-state index in [4.69, 9.17) is 9.47 Å². The number of carbonyl (C=O) groups is 1. The van der Waals surface area contributed by atoms with E-state index in [0.29, 0.717) is 24.6 Å². The fourth-order valence-corrected chi connectivity index (χ4v) is 5.45. The zero-order chi connectivity index (χ0) is 22.7. The standard InChI is InChI=1S/C21H29N5O5S/c1-30-17-8-7-16(13-18(17)31-2)32(28,29)22-10-9-20(27)25-11-3-5-15(14-25)21-24-23-19-6-4-12-26(19)21/h7-8,13,15,22H,3-6,9-12,14H2,1-2H3/t15-/m0/s1. The number of nitrogens with zero attached hydrogens (tertiary/aromatic N) is 4. The lowest BCUT2D eigenvalue weighted by atomic mass is 9.97. The van der Waals surface area contributed by atoms with E-state index in [1.807, 2.05) is 4.90 Å². The molecule has 3 heterocycles. The third kappa shape index (κ3) is 4.58. The summed E-state index contributed by atoms with van der Waals surface area (Å²) in [5, 5.41) is 8.66. The van der Waals surface area contributed by atoms with Crippen LogP contribution in [-0.4, -0.2) is 67.8 Å². The molecule has 1 saturated heterocycles. The molecule has 11 heteroatoms. The van der Waals surface area contributed by atoms with Crippen LogP contribution in [0.5, 0.6) is 11.5 Å². The van der Waals surface area contributed by atoms with Gasteiger partial charge in [-0.3, -0.25) is 4.79 Å². The molecule has 1 amide bonds. The molecule has 32 heavy (non-hydrogen) atoms. The van der Waals surface area contributed by atoms with E-state index in [2.05, 4.69) is 19.5 Å². The smallest absolute Gasteiger partial charge is 0.240 e. The molecule has 2 aliphatic rings. The maximum absolute atomic E-state index is 12.8. The molecule has 0 saturated carbocycles. The number of carbonyl (C=O) groups excluding carboxylic acids is 1. The van der Waals surface area contributed by atoms with E-state index in [9.17, 15) is 13.2 Å². The number of aromatic nitrogens is 3. The summed E-state index contributed by atoms with van der Waals surface area (Å²) >= 11 is 0. The quantitative estimate of drug-likeness (QED) is 0.628. The summed E-state index contributed by atoms with van der Waals surface area (Å²) in [6, 6.07) is 4.38. The molecule has 0 unspecified atom stereocenters. The summed E-state index contributed by atoms with van der Waals surface area (Å²) in [4.78, 5) is 14.6. The molecule has 2 aromatic rings. The Hall–Kier alpha value is -2.66. The van der Waals surface area contributed by atoms with Crippen LogP contribution in [-0.2, 0) is 27.8 Å². The number of benzene rings is 1. The minimum atomic E-state index is -3.78. The second-order valence-corrected chi connectivity index (χ2v) is 9.84. The van der Waals surface area contributed by atoms with Crippen LogP contribution in [0.2, 0.25) is 0 Å². The van der Waals surface area contributed by atoms with Gasteiger partial charge in [-0.05, 0) is 31.4 Å². The Labute approximate surface area is 188 Å². The van der Waals surface area contributed by atoms with Crippen molar-refractivity contribution in [3.05, 3.63) is 29.8 Å². The number of sulfonamides is 1. The zero-order valence-corrected chi connectivity index (χ0v) is 19.2. The summed E-state index contributed by atoms with van der Waals surface area (Å²) in [6.07, 6.45) is 4.02. The zero-order valence-electron chi connectivity index (χ0n) is 18.4. The number of hydrogen-bond donors (Lipinski definition) is 1. The number of nitrogens with one attached hydrogen (secondary N) is 1. The summed E-state index contributed by atoms with van der Waals surface area (Å²) in [5.74, 6) is 2.89. The number of hydrogen-bond acceptors (Lipinski definition) is 7. The molecule has 10 nitrogen and oxygen atoms in total. The van der Waals surface area contributed by atoms with Crippen molar-refractivity contribution in [2.45, 2.75) is 49.5 Å². The maximum atomic E-state index is 12.8. The molecule has 0 radical (unpaired) electrons. The van der Waals surface area contributed by atoms with E-state index in [0.717, 1.165) is 43.9 Å². The number of amides is 1. The lowest BCUT2D eigenvalue weighted by Crippen LogP contribution is -2.41. The average molecular weight is 464 g/mol. The molecule has 1 aromatic carbocycles. The van der Waals surface area contributed by atoms with Gasteiger partial charge in [-0.15, -0.1) is 10.2 Å². The van der Waals surface area contributed by atoms with E-state index in [1.165, 1.54) is 32.4 Å². The third-order valence-electron chi connectivity index (χ3n) is 6.07. The van der Waals surface area contributed by atoms with Crippen molar-refractivity contribution in [1.82, 2.24) is 24.4 Å². The number of aryl methyl sites for hydroxylation is 1. The Balaban J connectivity index is 1.33. The third-order valence-corrected chi connectivity index (χ3v) is 7.53. The van der Waals surface area contributed by atoms with E-state index in [-0.39, 0.29) is 29.7 Å². The lowest BCUT2D eigenvalue weighted by Gasteiger charge is -2.32. The molecule has 0 bridgehead atoms. The number of fused-ring (bicyclic) bond motifs is 1. The summed E-state index contributed by atoms with van der Waals surface area (Å²) in [7, 11) is -0.847. The summed E-state index contributed by atoms with van der Waals surface area (Å²) < 4.78 is 40.3. The van der Waals surface area contributed by atoms with Crippen LogP contribution < -0.4 is 14.2 Å². The van der Waals surface area contributed by atoms with Gasteiger partial charge in [-0.25, -0.2) is 13.1 Å². The van der Waals surface area contributed by atoms with Crippen molar-refractivity contribution < 1.29 is 22.7 Å². The number of likely N-dealkylation sites (tertiary alicyclic amines) is 1. The largest absolute Gasteiger partial charge is 0.493 e. The molecule has 4 rings (SSSR count). The number of piperidine rings is 1. The van der Waals surface area contributed by atoms with Crippen LogP contribution in [0.3, 0.4) is 0 Å². The Morgan fingerprint density at radius 1 is 1.16 bits per heavy atom. The molecule has 0 spiro atoms. The van der Waals surface area contributed by atoms with Gasteiger partial charge >= 0.3 is 0 Å². The van der Waals surface area contributed by atoms with Gasteiger partial charge in [-0.2, -0.15) is 0 Å². The minimum Gasteiger partial charge on any atom is -0.493 e. The first kappa shape index (κ1) is 22.5. The molecule has 1 fully saturated rings. The number of ether oxygens (including phenoxy) is 2. The fourth-order valence-electron chi connectivity index (χ4n) is 4.41. The van der Waals surface area contributed by atoms with Gasteiger partial charge in [0.1, 0.15) is 11.6 Å². The average Bonchev–Trinajstić information content (AvgIpc) is 3.42. The first-order valence-electron chi connectivity index (χ1n) is 10.8. The van der Waals surface area contributed by atoms with Crippen LogP contribution in [0.1, 0.15) is 43.3 Å². The van der Waals surface area contributed by atoms with Gasteiger partial charge in [0.25, 0.3) is 0 Å². The highest BCUT2D eigenvalue weighted by molar-refractivity contribution is 7.89. The van der Waals surface area contributed by atoms with Crippen molar-refractivity contribution in [1.29, 1.82) is 0 Å². The van der Waals surface area contributed by atoms with Crippen LogP contribution in [0.15, 0.2) is 23.1 Å². The predicted octanol–water partition coefficient (Wildman–Crippen LogP) is 1.32. The molecule has 2 aliphatic heterocycles. The molecular formula is C21H29N5O5S. The van der Waals surface area contributed by atoms with Gasteiger partial charge in [-0.1, -0.05) is 0 Å². The van der Waals surface area contributed by atoms with Crippen LogP contribution in [0.4, 0.5) is 0 Å². The second-order valence-electron chi connectivity index (χ2n) is 8.07. The topological polar surface area (TPSA) is 116 Å². The van der Waals surface area contributed by atoms with Crippen molar-refractivity contribution in [3.63, 3.8) is 0 Å². The Morgan fingerprint density at radius 2 is 1.97 bits per heavy atom. The highest BCUT2D eigenvalue weighted by Crippen LogP contribution is 2.30. The van der Waals surface area contributed by atoms with Gasteiger partial charge < -0.3 is 18.9 Å². The van der Waals surface area contributed by atoms with Gasteiger partial charge in [0, 0.05) is 51.0 Å². The van der Waals surface area contributed by atoms with Crippen LogP contribution in [0, 0.1) is 0 Å². The highest BCUT2D eigenvalue weighted by Gasteiger charge is 2.30. The number of rotatable bonds is 8. The van der Waals surface area contributed by atoms with Gasteiger partial charge in [0.15, 0.2) is 11.5 Å². The van der Waals surface area contributed by atoms with E-state index in [1.54, 1.807) is 0 Å². The first-order chi connectivity index (χ1) is 15.4. The van der Waals surface area contributed by atoms with Crippen molar-refractivity contribution in [3.8, 4) is 11.5 Å². The molecule has 1 N–H and O–H groups in total. The first-order valence-corrected chi connectivity index (χ1v) is 12.3. The Bertz CT molecular complexity index is 1080. The van der Waals surface area contributed by atoms with Crippen molar-refractivity contribution in [2.24, 2.45) is 0 Å². The van der Waals surface area contributed by atoms with Gasteiger partial charge in [0.2, 0.25) is 15.9 Å². The summed E-state index contributed by atoms with van der Waals surface area (Å²) in [5.41, 5.74) is 0. The number of methoxy groups -OCH3 is 2. The van der Waals surface area contributed by atoms with Crippen molar-refractivity contribution >= 4 is 15.9 Å². The molecule has 1 aromatic heterocycles. The lowest BCUT2D eigenvalue weighted by molar-refractivity contribution is -0.132. The van der Waals surface area contributed by atoms with Crippen LogP contribution >= 0.6 is 0 Å². The molecule has 1 atom stereocenters. The molecule has 0 aliphatic carbocycles. The Kier molecular flexibility index (Phi) is 6.66. The highest BCUT2D eigenvalue weighted by atomic mass is 32.2. The molecular weight excluding hydrogens is 434 g/mol. The van der Waals surface area contributed by atoms with Gasteiger partial charge in [0.05, 0.1) is 19.1 Å². The van der Waals surface area contributed by atoms with E-state index >= 15 is 0 Å². The van der Waals surface area contributed by atoms with Crippen molar-refractivity contribution in [2.75, 3.05) is 33.9 Å². The Morgan fingerprint density at radius 3 is 2.75 bits per heavy atom. The maximum Gasteiger partial charge on any atom is 0.240 e. The monoisotopic (exact) mass is 463 g/mol. The normalized spacial score (nSPS) is 18.4. The minimum absolute atomic E-state index is 0.0248. The second kappa shape index (κ2) is 9.45. The van der Waals surface area contributed by atoms with Crippen LogP contribution in [0.25, 0.3) is 0 Å². The fraction of sp³-hybridized carbons (Fsp3) is 0.571. The predicted molar refractivity (Wildman–Crippen MR) is 116 cm³/mol. The summed E-state index contributed by atoms with van der Waals surface area (Å²) in [6.45, 7) is 2.25. The molecule has 174 valence electrons. The van der Waals surface area contributed by atoms with E-state index < -0.39 is 10.0 Å².